The molecule has 312 valence electrons. The molecule has 0 unspecified atom stereocenters. The molecule has 0 aliphatic heterocycles. The maximum absolute atomic E-state index is 6.23. The molecule has 0 atom stereocenters. The average Bonchev–Trinajstić information content (AvgIpc) is 3.98. The number of furan rings is 1. The van der Waals surface area contributed by atoms with E-state index in [0.29, 0.717) is 0 Å². The Kier molecular flexibility index (Phi) is 8.51. The third-order valence-electron chi connectivity index (χ3n) is 14.6. The zero-order chi connectivity index (χ0) is 44.0. The molecule has 0 spiro atoms. The zero-order valence-corrected chi connectivity index (χ0v) is 36.9. The van der Waals surface area contributed by atoms with E-state index >= 15 is 0 Å². The van der Waals surface area contributed by atoms with Crippen LogP contribution in [0.3, 0.4) is 0 Å². The first-order valence-corrected chi connectivity index (χ1v) is 23.0. The van der Waals surface area contributed by atoms with E-state index in [4.69, 9.17) is 4.42 Å². The van der Waals surface area contributed by atoms with Gasteiger partial charge in [-0.2, -0.15) is 0 Å². The Balaban J connectivity index is 0.939. The third-order valence-corrected chi connectivity index (χ3v) is 14.6. The van der Waals surface area contributed by atoms with Crippen molar-refractivity contribution in [2.45, 2.75) is 24.7 Å². The summed E-state index contributed by atoms with van der Waals surface area (Å²) in [7, 11) is 0. The van der Waals surface area contributed by atoms with Gasteiger partial charge in [-0.25, -0.2) is 0 Å². The number of hydrogen-bond acceptors (Lipinski definition) is 2. The van der Waals surface area contributed by atoms with Gasteiger partial charge in [0, 0.05) is 33.2 Å². The number of fused-ring (bicyclic) bond motifs is 9. The normalized spacial score (nSPS) is 13.8. The monoisotopic (exact) mass is 843 g/mol. The van der Waals surface area contributed by atoms with Crippen molar-refractivity contribution in [3.63, 3.8) is 0 Å². The molecule has 0 bridgehead atoms. The Morgan fingerprint density at radius 1 is 0.318 bits per heavy atom. The first kappa shape index (κ1) is 38.3. The van der Waals surface area contributed by atoms with Crippen LogP contribution in [0.2, 0.25) is 0 Å². The number of rotatable bonds is 7. The van der Waals surface area contributed by atoms with E-state index in [2.05, 4.69) is 243 Å². The van der Waals surface area contributed by atoms with Gasteiger partial charge in [-0.05, 0) is 132 Å². The molecular weight excluding hydrogens is 799 g/mol. The van der Waals surface area contributed by atoms with E-state index in [1.807, 2.05) is 12.1 Å². The first-order valence-electron chi connectivity index (χ1n) is 23.0. The predicted molar refractivity (Wildman–Crippen MR) is 274 cm³/mol. The second-order valence-electron chi connectivity index (χ2n) is 18.4. The van der Waals surface area contributed by atoms with Gasteiger partial charge in [-0.15, -0.1) is 0 Å². The van der Waals surface area contributed by atoms with Crippen molar-refractivity contribution in [3.8, 4) is 44.5 Å². The largest absolute Gasteiger partial charge is 0.456 e. The molecule has 2 aliphatic carbocycles. The van der Waals surface area contributed by atoms with Gasteiger partial charge < -0.3 is 9.32 Å². The lowest BCUT2D eigenvalue weighted by molar-refractivity contribution is 0.660. The van der Waals surface area contributed by atoms with Gasteiger partial charge >= 0.3 is 0 Å². The van der Waals surface area contributed by atoms with Crippen LogP contribution in [-0.2, 0) is 10.8 Å². The average molecular weight is 844 g/mol. The van der Waals surface area contributed by atoms with Crippen LogP contribution in [0.4, 0.5) is 17.1 Å². The topological polar surface area (TPSA) is 16.4 Å². The fourth-order valence-electron chi connectivity index (χ4n) is 11.4. The Morgan fingerprint density at radius 2 is 0.773 bits per heavy atom. The summed E-state index contributed by atoms with van der Waals surface area (Å²) in [6, 6.07) is 87.1. The summed E-state index contributed by atoms with van der Waals surface area (Å²) in [4.78, 5) is 2.46. The van der Waals surface area contributed by atoms with Crippen molar-refractivity contribution < 1.29 is 4.42 Å². The number of hydrogen-bond donors (Lipinski definition) is 0. The molecule has 10 aromatic carbocycles. The van der Waals surface area contributed by atoms with Gasteiger partial charge in [0.15, 0.2) is 0 Å². The molecule has 0 radical (unpaired) electrons. The van der Waals surface area contributed by atoms with Crippen LogP contribution in [0.25, 0.3) is 66.4 Å². The molecule has 0 amide bonds. The van der Waals surface area contributed by atoms with E-state index in [-0.39, 0.29) is 5.41 Å². The van der Waals surface area contributed by atoms with Crippen LogP contribution in [0.15, 0.2) is 241 Å². The van der Waals surface area contributed by atoms with Crippen LogP contribution in [-0.4, -0.2) is 0 Å². The van der Waals surface area contributed by atoms with E-state index in [1.165, 1.54) is 66.8 Å². The molecule has 2 nitrogen and oxygen atoms in total. The van der Waals surface area contributed by atoms with Gasteiger partial charge in [0.05, 0.1) is 5.41 Å². The molecule has 2 heteroatoms. The summed E-state index contributed by atoms with van der Waals surface area (Å²) in [5.41, 5.74) is 22.2. The van der Waals surface area contributed by atoms with Crippen molar-refractivity contribution in [1.29, 1.82) is 0 Å². The fraction of sp³-hybridized carbons (Fsp3) is 0.0625. The second kappa shape index (κ2) is 14.7. The second-order valence-corrected chi connectivity index (χ2v) is 18.4. The molecule has 2 aliphatic rings. The number of para-hydroxylation sites is 1. The number of benzene rings is 10. The minimum atomic E-state index is -0.508. The van der Waals surface area contributed by atoms with Gasteiger partial charge in [-0.3, -0.25) is 0 Å². The summed E-state index contributed by atoms with van der Waals surface area (Å²) < 4.78 is 6.23. The Bertz CT molecular complexity index is 3620. The number of nitrogens with zero attached hydrogens (tertiary/aromatic N) is 1. The molecule has 0 N–H and O–H groups in total. The minimum Gasteiger partial charge on any atom is -0.456 e. The predicted octanol–water partition coefficient (Wildman–Crippen LogP) is 17.1. The van der Waals surface area contributed by atoms with E-state index < -0.39 is 5.41 Å². The van der Waals surface area contributed by atoms with E-state index in [9.17, 15) is 0 Å². The van der Waals surface area contributed by atoms with Crippen LogP contribution < -0.4 is 4.90 Å². The molecular formula is C64H45NO. The zero-order valence-electron chi connectivity index (χ0n) is 36.9. The van der Waals surface area contributed by atoms with Crippen LogP contribution in [0, 0.1) is 0 Å². The van der Waals surface area contributed by atoms with Crippen LogP contribution >= 0.6 is 0 Å². The van der Waals surface area contributed by atoms with Gasteiger partial charge in [-0.1, -0.05) is 196 Å². The highest BCUT2D eigenvalue weighted by Gasteiger charge is 2.46. The molecule has 11 aromatic rings. The van der Waals surface area contributed by atoms with E-state index in [1.54, 1.807) is 0 Å². The van der Waals surface area contributed by atoms with Crippen LogP contribution in [0.5, 0.6) is 0 Å². The molecule has 0 saturated carbocycles. The highest BCUT2D eigenvalue weighted by Crippen LogP contribution is 2.58. The lowest BCUT2D eigenvalue weighted by Crippen LogP contribution is -2.28. The quantitative estimate of drug-likeness (QED) is 0.159. The lowest BCUT2D eigenvalue weighted by Gasteiger charge is -2.35. The maximum Gasteiger partial charge on any atom is 0.136 e. The summed E-state index contributed by atoms with van der Waals surface area (Å²) in [5.74, 6) is 0. The summed E-state index contributed by atoms with van der Waals surface area (Å²) in [6.07, 6.45) is 0. The van der Waals surface area contributed by atoms with Gasteiger partial charge in [0.1, 0.15) is 11.2 Å². The Morgan fingerprint density at radius 3 is 1.44 bits per heavy atom. The van der Waals surface area contributed by atoms with Crippen molar-refractivity contribution in [2.75, 3.05) is 4.90 Å². The molecule has 66 heavy (non-hydrogen) atoms. The van der Waals surface area contributed by atoms with Gasteiger partial charge in [0.2, 0.25) is 0 Å². The Labute approximate surface area is 385 Å². The molecule has 0 saturated heterocycles. The van der Waals surface area contributed by atoms with Crippen molar-refractivity contribution in [1.82, 2.24) is 0 Å². The smallest absolute Gasteiger partial charge is 0.136 e. The molecule has 1 heterocycles. The summed E-state index contributed by atoms with van der Waals surface area (Å²) in [5, 5.41) is 2.29. The van der Waals surface area contributed by atoms with Crippen molar-refractivity contribution >= 4 is 39.0 Å². The highest BCUT2D eigenvalue weighted by atomic mass is 16.3. The van der Waals surface area contributed by atoms with Gasteiger partial charge in [0.25, 0.3) is 0 Å². The highest BCUT2D eigenvalue weighted by molar-refractivity contribution is 6.06. The Hall–Kier alpha value is -8.20. The SMILES string of the molecule is CC1(C)c2ccccc2-c2ccc(N(c3ccc(-c4ccc(-c5ccc6c(c5)oc5ccccc56)cc4)cc3)c3ccc4c(c3)C(c3ccccc3)(c3ccccc3)c3ccccc3-4)cc21. The molecule has 0 fully saturated rings. The summed E-state index contributed by atoms with van der Waals surface area (Å²) in [6.45, 7) is 4.73. The first-order chi connectivity index (χ1) is 32.5. The molecule has 1 aromatic heterocycles. The minimum absolute atomic E-state index is 0.142. The lowest BCUT2D eigenvalue weighted by atomic mass is 9.67. The fourth-order valence-corrected chi connectivity index (χ4v) is 11.4. The standard InChI is InChI=1S/C64H45NO/c1-63(2)57-22-12-9-19-51(57)53-37-34-49(40-59(53)63)65(48-32-29-43(30-33-48)42-25-27-44(28-26-42)45-31-36-56-55-21-11-14-24-61(55)66-62(56)39-45)50-35-38-54-52-20-10-13-23-58(52)64(60(54)41-50,46-15-5-3-6-16-46)47-17-7-4-8-18-47/h3-41H,1-2H3. The van der Waals surface area contributed by atoms with Crippen molar-refractivity contribution in [3.05, 3.63) is 270 Å². The maximum atomic E-state index is 6.23. The van der Waals surface area contributed by atoms with E-state index in [0.717, 1.165) is 50.1 Å². The number of anilines is 3. The summed E-state index contributed by atoms with van der Waals surface area (Å²) >= 11 is 0. The molecule has 13 rings (SSSR count). The van der Waals surface area contributed by atoms with Crippen molar-refractivity contribution in [2.24, 2.45) is 0 Å². The van der Waals surface area contributed by atoms with Crippen LogP contribution in [0.1, 0.15) is 47.2 Å². The third kappa shape index (κ3) is 5.68.